The lowest BCUT2D eigenvalue weighted by Crippen LogP contribution is -1.92. The minimum Gasteiger partial charge on any atom is -0.453 e. The summed E-state index contributed by atoms with van der Waals surface area (Å²) in [4.78, 5) is 0.819. The topological polar surface area (TPSA) is 74.8 Å². The molecule has 3 heterocycles. The van der Waals surface area contributed by atoms with E-state index in [9.17, 15) is 0 Å². The molecule has 0 amide bonds. The van der Waals surface area contributed by atoms with Crippen LogP contribution in [0.5, 0.6) is 0 Å². The summed E-state index contributed by atoms with van der Waals surface area (Å²) in [5, 5.41) is 21.8. The maximum Gasteiger partial charge on any atom is 0.154 e. The normalized spacial score (nSPS) is 13.2. The summed E-state index contributed by atoms with van der Waals surface area (Å²) in [7, 11) is 0. The van der Waals surface area contributed by atoms with E-state index in [4.69, 9.17) is 14.9 Å². The van der Waals surface area contributed by atoms with Gasteiger partial charge in [0.25, 0.3) is 0 Å². The second-order valence-electron chi connectivity index (χ2n) is 3.92. The minimum atomic E-state index is 0.0794. The van der Waals surface area contributed by atoms with Gasteiger partial charge in [-0.1, -0.05) is 0 Å². The molecule has 0 aromatic carbocycles. The maximum atomic E-state index is 8.74. The molecule has 3 rings (SSSR count). The molecule has 4 nitrogen and oxygen atoms in total. The largest absolute Gasteiger partial charge is 0.453 e. The zero-order valence-corrected chi connectivity index (χ0v) is 12.3. The van der Waals surface area contributed by atoms with Gasteiger partial charge in [-0.15, -0.1) is 11.3 Å². The summed E-state index contributed by atoms with van der Waals surface area (Å²) in [6.07, 6.45) is 5.28. The quantitative estimate of drug-likeness (QED) is 0.608. The Kier molecular flexibility index (Phi) is 3.19. The van der Waals surface area contributed by atoms with Crippen molar-refractivity contribution < 1.29 is 4.42 Å². The number of fused-ring (bicyclic) bond motifs is 1. The Labute approximate surface area is 127 Å². The Morgan fingerprint density at radius 1 is 1.30 bits per heavy atom. The molecule has 0 fully saturated rings. The molecule has 0 saturated heterocycles. The van der Waals surface area contributed by atoms with Crippen LogP contribution in [0.1, 0.15) is 10.6 Å². The maximum absolute atomic E-state index is 8.74. The summed E-state index contributed by atoms with van der Waals surface area (Å²) in [6, 6.07) is 7.40. The highest BCUT2D eigenvalue weighted by molar-refractivity contribution is 9.11. The second-order valence-corrected chi connectivity index (χ2v) is 5.85. The zero-order chi connectivity index (χ0) is 14.1. The van der Waals surface area contributed by atoms with E-state index in [2.05, 4.69) is 21.2 Å². The van der Waals surface area contributed by atoms with Crippen molar-refractivity contribution >= 4 is 49.3 Å². The predicted molar refractivity (Wildman–Crippen MR) is 80.4 cm³/mol. The number of halogens is 1. The summed E-state index contributed by atoms with van der Waals surface area (Å²) in [5.74, 6) is 0.702. The van der Waals surface area contributed by atoms with E-state index in [0.29, 0.717) is 5.76 Å². The van der Waals surface area contributed by atoms with Gasteiger partial charge in [0, 0.05) is 10.9 Å². The van der Waals surface area contributed by atoms with Crippen LogP contribution in [0.15, 0.2) is 38.9 Å². The van der Waals surface area contributed by atoms with Crippen LogP contribution in [0.25, 0.3) is 22.1 Å². The SMILES string of the molecule is N#CC(C#N)=Cc1cc2oc(C3=CC=C(Br)[N]3)cc2s1. The highest BCUT2D eigenvalue weighted by Gasteiger charge is 2.15. The summed E-state index contributed by atoms with van der Waals surface area (Å²) < 4.78 is 7.46. The molecule has 0 N–H and O–H groups in total. The van der Waals surface area contributed by atoms with Crippen molar-refractivity contribution in [3.05, 3.63) is 45.1 Å². The van der Waals surface area contributed by atoms with Crippen molar-refractivity contribution in [2.45, 2.75) is 0 Å². The van der Waals surface area contributed by atoms with Crippen LogP contribution in [0.2, 0.25) is 0 Å². The van der Waals surface area contributed by atoms with Crippen LogP contribution in [-0.4, -0.2) is 0 Å². The molecular weight excluding hydrogens is 338 g/mol. The second kappa shape index (κ2) is 5.01. The van der Waals surface area contributed by atoms with Gasteiger partial charge in [0.05, 0.1) is 4.70 Å². The molecule has 0 bridgehead atoms. The molecule has 0 spiro atoms. The van der Waals surface area contributed by atoms with Crippen LogP contribution in [0.3, 0.4) is 0 Å². The Hall–Kier alpha value is -2.28. The average molecular weight is 343 g/mol. The monoisotopic (exact) mass is 342 g/mol. The lowest BCUT2D eigenvalue weighted by Gasteiger charge is -1.96. The number of hydrogen-bond acceptors (Lipinski definition) is 4. The van der Waals surface area contributed by atoms with E-state index in [-0.39, 0.29) is 5.57 Å². The number of thiophene rings is 1. The van der Waals surface area contributed by atoms with E-state index in [1.807, 2.05) is 36.4 Å². The van der Waals surface area contributed by atoms with Gasteiger partial charge in [-0.05, 0) is 40.2 Å². The van der Waals surface area contributed by atoms with E-state index in [1.54, 1.807) is 6.08 Å². The molecule has 20 heavy (non-hydrogen) atoms. The zero-order valence-electron chi connectivity index (χ0n) is 9.92. The van der Waals surface area contributed by atoms with Crippen molar-refractivity contribution in [2.75, 3.05) is 0 Å². The molecule has 0 atom stereocenters. The first-order valence-electron chi connectivity index (χ1n) is 5.54. The fourth-order valence-corrected chi connectivity index (χ4v) is 3.05. The number of nitrogens with zero attached hydrogens (tertiary/aromatic N) is 3. The fraction of sp³-hybridized carbons (Fsp3) is 0. The van der Waals surface area contributed by atoms with Crippen molar-refractivity contribution in [3.63, 3.8) is 0 Å². The third-order valence-electron chi connectivity index (χ3n) is 2.61. The van der Waals surface area contributed by atoms with Gasteiger partial charge in [-0.2, -0.15) is 10.5 Å². The molecule has 2 aromatic heterocycles. The standard InChI is InChI=1S/C14H5BrN3OS/c15-14-2-1-10(18-14)11-5-13-12(19-11)4-9(20-13)3-8(6-16)7-17/h1-5H. The average Bonchev–Trinajstić information content (AvgIpc) is 3.09. The van der Waals surface area contributed by atoms with E-state index < -0.39 is 0 Å². The Balaban J connectivity index is 1.93. The van der Waals surface area contributed by atoms with Gasteiger partial charge in [-0.25, -0.2) is 5.32 Å². The van der Waals surface area contributed by atoms with Crippen molar-refractivity contribution in [3.8, 4) is 12.1 Å². The predicted octanol–water partition coefficient (Wildman–Crippen LogP) is 4.12. The van der Waals surface area contributed by atoms with Gasteiger partial charge in [0.2, 0.25) is 0 Å². The van der Waals surface area contributed by atoms with Crippen molar-refractivity contribution in [1.82, 2.24) is 5.32 Å². The van der Waals surface area contributed by atoms with Crippen LogP contribution >= 0.6 is 27.3 Å². The molecule has 6 heteroatoms. The first-order chi connectivity index (χ1) is 9.69. The van der Waals surface area contributed by atoms with Crippen LogP contribution in [-0.2, 0) is 0 Å². The minimum absolute atomic E-state index is 0.0794. The van der Waals surface area contributed by atoms with Gasteiger partial charge >= 0.3 is 0 Å². The molecule has 1 aliphatic rings. The highest BCUT2D eigenvalue weighted by Crippen LogP contribution is 2.34. The molecule has 95 valence electrons. The molecule has 2 aromatic rings. The number of furan rings is 1. The first-order valence-corrected chi connectivity index (χ1v) is 7.15. The lowest BCUT2D eigenvalue weighted by molar-refractivity contribution is 0.596. The van der Waals surface area contributed by atoms with E-state index in [1.165, 1.54) is 11.3 Å². The summed E-state index contributed by atoms with van der Waals surface area (Å²) in [5.41, 5.74) is 1.58. The molecule has 0 unspecified atom stereocenters. The van der Waals surface area contributed by atoms with E-state index >= 15 is 0 Å². The molecule has 0 aliphatic carbocycles. The number of allylic oxidation sites excluding steroid dienone is 3. The Bertz CT molecular complexity index is 823. The first kappa shape index (κ1) is 12.7. The fourth-order valence-electron chi connectivity index (χ4n) is 1.76. The van der Waals surface area contributed by atoms with Crippen molar-refractivity contribution in [2.24, 2.45) is 0 Å². The van der Waals surface area contributed by atoms with Gasteiger partial charge < -0.3 is 4.42 Å². The lowest BCUT2D eigenvalue weighted by atomic mass is 10.3. The summed E-state index contributed by atoms with van der Waals surface area (Å²) in [6.45, 7) is 0. The van der Waals surface area contributed by atoms with Gasteiger partial charge in [-0.3, -0.25) is 0 Å². The molecule has 0 saturated carbocycles. The van der Waals surface area contributed by atoms with E-state index in [0.717, 1.165) is 25.5 Å². The van der Waals surface area contributed by atoms with Crippen molar-refractivity contribution in [1.29, 1.82) is 10.5 Å². The third kappa shape index (κ3) is 2.27. The third-order valence-corrected chi connectivity index (χ3v) is 4.06. The highest BCUT2D eigenvalue weighted by atomic mass is 79.9. The van der Waals surface area contributed by atoms with Crippen LogP contribution in [0, 0.1) is 22.7 Å². The molecular formula is C14H5BrN3OS. The Morgan fingerprint density at radius 3 is 2.70 bits per heavy atom. The van der Waals surface area contributed by atoms with Gasteiger partial charge in [0.15, 0.2) is 5.76 Å². The number of nitriles is 2. The number of hydrogen-bond donors (Lipinski definition) is 0. The molecule has 1 aliphatic heterocycles. The van der Waals surface area contributed by atoms with Crippen LogP contribution in [0.4, 0.5) is 0 Å². The summed E-state index contributed by atoms with van der Waals surface area (Å²) >= 11 is 4.77. The van der Waals surface area contributed by atoms with Crippen LogP contribution < -0.4 is 5.32 Å². The number of rotatable bonds is 2. The molecule has 1 radical (unpaired) electrons. The smallest absolute Gasteiger partial charge is 0.154 e. The Morgan fingerprint density at radius 2 is 2.10 bits per heavy atom. The van der Waals surface area contributed by atoms with Gasteiger partial charge in [0.1, 0.15) is 33.6 Å².